The molecule has 0 radical (unpaired) electrons. The Bertz CT molecular complexity index is 609. The van der Waals surface area contributed by atoms with Gasteiger partial charge < -0.3 is 9.88 Å². The number of amides is 1. The minimum absolute atomic E-state index is 0.0404. The average Bonchev–Trinajstić information content (AvgIpc) is 2.92. The number of hydrogen-bond donors (Lipinski definition) is 1. The summed E-state index contributed by atoms with van der Waals surface area (Å²) >= 11 is 1.58. The van der Waals surface area contributed by atoms with Crippen molar-refractivity contribution in [1.29, 1.82) is 0 Å². The topological polar surface area (TPSA) is 46.9 Å². The Kier molecular flexibility index (Phi) is 5.44. The van der Waals surface area contributed by atoms with Gasteiger partial charge in [-0.05, 0) is 24.8 Å². The van der Waals surface area contributed by atoms with Crippen molar-refractivity contribution in [2.24, 2.45) is 7.05 Å². The summed E-state index contributed by atoms with van der Waals surface area (Å²) in [4.78, 5) is 17.9. The van der Waals surface area contributed by atoms with Gasteiger partial charge in [-0.2, -0.15) is 0 Å². The smallest absolute Gasteiger partial charge is 0.253 e. The van der Waals surface area contributed by atoms with Gasteiger partial charge in [0.15, 0.2) is 0 Å². The van der Waals surface area contributed by atoms with E-state index in [0.717, 1.165) is 29.1 Å². The summed E-state index contributed by atoms with van der Waals surface area (Å²) in [5.74, 6) is 0.855. The van der Waals surface area contributed by atoms with Crippen molar-refractivity contribution in [2.45, 2.75) is 30.7 Å². The van der Waals surface area contributed by atoms with Gasteiger partial charge in [0.05, 0.1) is 11.6 Å². The van der Waals surface area contributed by atoms with Gasteiger partial charge in [0.25, 0.3) is 5.91 Å². The molecular formula is C16H21N3OS. The molecule has 1 atom stereocenters. The molecule has 2 aromatic rings. The lowest BCUT2D eigenvalue weighted by molar-refractivity contribution is 0.0929. The second kappa shape index (κ2) is 7.31. The van der Waals surface area contributed by atoms with E-state index < -0.39 is 0 Å². The first-order valence-electron chi connectivity index (χ1n) is 7.08. The van der Waals surface area contributed by atoms with Crippen LogP contribution in [0.3, 0.4) is 0 Å². The van der Waals surface area contributed by atoms with Crippen LogP contribution >= 0.6 is 11.8 Å². The lowest BCUT2D eigenvalue weighted by Crippen LogP contribution is -2.30. The number of hydrogen-bond acceptors (Lipinski definition) is 3. The molecule has 4 nitrogen and oxygen atoms in total. The molecule has 2 rings (SSSR count). The van der Waals surface area contributed by atoms with E-state index in [1.807, 2.05) is 48.3 Å². The Hall–Kier alpha value is -1.75. The zero-order chi connectivity index (χ0) is 15.2. The van der Waals surface area contributed by atoms with E-state index in [-0.39, 0.29) is 11.9 Å². The molecular weight excluding hydrogens is 282 g/mol. The first-order chi connectivity index (χ1) is 10.2. The number of rotatable bonds is 6. The highest BCUT2D eigenvalue weighted by atomic mass is 32.2. The Morgan fingerprint density at radius 3 is 2.81 bits per heavy atom. The van der Waals surface area contributed by atoms with Crippen LogP contribution in [-0.4, -0.2) is 21.7 Å². The number of benzene rings is 1. The van der Waals surface area contributed by atoms with Gasteiger partial charge in [-0.1, -0.05) is 25.5 Å². The fourth-order valence-electron chi connectivity index (χ4n) is 2.34. The van der Waals surface area contributed by atoms with E-state index in [4.69, 9.17) is 0 Å². The molecule has 1 amide bonds. The summed E-state index contributed by atoms with van der Waals surface area (Å²) in [6.45, 7) is 2.11. The second-order valence-electron chi connectivity index (χ2n) is 4.91. The van der Waals surface area contributed by atoms with Crippen LogP contribution in [0.5, 0.6) is 0 Å². The van der Waals surface area contributed by atoms with Crippen LogP contribution in [0.25, 0.3) is 0 Å². The second-order valence-corrected chi connectivity index (χ2v) is 5.76. The Morgan fingerprint density at radius 1 is 1.43 bits per heavy atom. The molecule has 0 saturated heterocycles. The Morgan fingerprint density at radius 2 is 2.19 bits per heavy atom. The van der Waals surface area contributed by atoms with E-state index in [0.29, 0.717) is 0 Å². The molecule has 1 heterocycles. The Balaban J connectivity index is 2.21. The summed E-state index contributed by atoms with van der Waals surface area (Å²) in [6.07, 6.45) is 7.51. The van der Waals surface area contributed by atoms with Crippen LogP contribution < -0.4 is 5.32 Å². The van der Waals surface area contributed by atoms with Crippen LogP contribution in [0, 0.1) is 0 Å². The third-order valence-corrected chi connectivity index (χ3v) is 4.20. The van der Waals surface area contributed by atoms with Gasteiger partial charge in [0.2, 0.25) is 0 Å². The number of nitrogens with one attached hydrogen (secondary N) is 1. The van der Waals surface area contributed by atoms with Gasteiger partial charge in [-0.3, -0.25) is 4.79 Å². The van der Waals surface area contributed by atoms with Gasteiger partial charge in [0, 0.05) is 24.3 Å². The van der Waals surface area contributed by atoms with Crippen molar-refractivity contribution in [3.8, 4) is 0 Å². The van der Waals surface area contributed by atoms with Crippen molar-refractivity contribution < 1.29 is 4.79 Å². The van der Waals surface area contributed by atoms with E-state index in [1.54, 1.807) is 18.0 Å². The quantitative estimate of drug-likeness (QED) is 0.832. The number of aromatic nitrogens is 2. The predicted octanol–water partition coefficient (Wildman–Crippen LogP) is 3.41. The van der Waals surface area contributed by atoms with Crippen LogP contribution in [0.2, 0.25) is 0 Å². The lowest BCUT2D eigenvalue weighted by Gasteiger charge is -2.18. The fourth-order valence-corrected chi connectivity index (χ4v) is 2.93. The maximum absolute atomic E-state index is 12.6. The van der Waals surface area contributed by atoms with Gasteiger partial charge in [0.1, 0.15) is 5.82 Å². The van der Waals surface area contributed by atoms with Crippen molar-refractivity contribution in [2.75, 3.05) is 6.26 Å². The van der Waals surface area contributed by atoms with E-state index in [2.05, 4.69) is 17.2 Å². The van der Waals surface area contributed by atoms with Crippen molar-refractivity contribution in [1.82, 2.24) is 14.9 Å². The first-order valence-corrected chi connectivity index (χ1v) is 8.31. The molecule has 0 fully saturated rings. The number of imidazole rings is 1. The Labute approximate surface area is 130 Å². The molecule has 0 bridgehead atoms. The summed E-state index contributed by atoms with van der Waals surface area (Å²) in [6, 6.07) is 7.62. The molecule has 112 valence electrons. The standard InChI is InChI=1S/C16H21N3OS/c1-4-7-13(15-17-10-11-19(15)2)18-16(20)12-8-5-6-9-14(12)21-3/h5-6,8-11,13H,4,7H2,1-3H3,(H,18,20). The molecule has 1 unspecified atom stereocenters. The highest BCUT2D eigenvalue weighted by molar-refractivity contribution is 7.98. The third-order valence-electron chi connectivity index (χ3n) is 3.40. The number of carbonyl (C=O) groups is 1. The van der Waals surface area contributed by atoms with Crippen LogP contribution in [0.1, 0.15) is 42.0 Å². The molecule has 0 aliphatic rings. The zero-order valence-electron chi connectivity index (χ0n) is 12.7. The molecule has 1 N–H and O–H groups in total. The average molecular weight is 303 g/mol. The van der Waals surface area contributed by atoms with Crippen molar-refractivity contribution >= 4 is 17.7 Å². The first kappa shape index (κ1) is 15.6. The number of thioether (sulfide) groups is 1. The largest absolute Gasteiger partial charge is 0.342 e. The van der Waals surface area contributed by atoms with Crippen molar-refractivity contribution in [3.63, 3.8) is 0 Å². The lowest BCUT2D eigenvalue weighted by atomic mass is 10.1. The van der Waals surface area contributed by atoms with Crippen LogP contribution in [0.4, 0.5) is 0 Å². The fraction of sp³-hybridized carbons (Fsp3) is 0.375. The maximum atomic E-state index is 12.6. The number of aryl methyl sites for hydroxylation is 1. The summed E-state index contributed by atoms with van der Waals surface area (Å²) in [5, 5.41) is 3.12. The molecule has 1 aromatic heterocycles. The van der Waals surface area contributed by atoms with Gasteiger partial charge in [-0.25, -0.2) is 4.98 Å². The minimum atomic E-state index is -0.0580. The monoisotopic (exact) mass is 303 g/mol. The molecule has 21 heavy (non-hydrogen) atoms. The van der Waals surface area contributed by atoms with Gasteiger partial charge >= 0.3 is 0 Å². The zero-order valence-corrected chi connectivity index (χ0v) is 13.5. The highest BCUT2D eigenvalue weighted by Crippen LogP contribution is 2.22. The van der Waals surface area contributed by atoms with Gasteiger partial charge in [-0.15, -0.1) is 11.8 Å². The molecule has 5 heteroatoms. The molecule has 0 aliphatic heterocycles. The normalized spacial score (nSPS) is 12.1. The minimum Gasteiger partial charge on any atom is -0.342 e. The van der Waals surface area contributed by atoms with Crippen LogP contribution in [-0.2, 0) is 7.05 Å². The molecule has 0 spiro atoms. The number of carbonyl (C=O) groups excluding carboxylic acids is 1. The molecule has 0 saturated carbocycles. The maximum Gasteiger partial charge on any atom is 0.253 e. The number of nitrogens with zero attached hydrogens (tertiary/aromatic N) is 2. The van der Waals surface area contributed by atoms with E-state index >= 15 is 0 Å². The van der Waals surface area contributed by atoms with E-state index in [9.17, 15) is 4.79 Å². The van der Waals surface area contributed by atoms with E-state index in [1.165, 1.54) is 0 Å². The summed E-state index contributed by atoms with van der Waals surface area (Å²) < 4.78 is 1.96. The summed E-state index contributed by atoms with van der Waals surface area (Å²) in [5.41, 5.74) is 0.723. The predicted molar refractivity (Wildman–Crippen MR) is 86.5 cm³/mol. The SMILES string of the molecule is CCCC(NC(=O)c1ccccc1SC)c1nccn1C. The van der Waals surface area contributed by atoms with Crippen molar-refractivity contribution in [3.05, 3.63) is 48.0 Å². The molecule has 1 aromatic carbocycles. The third kappa shape index (κ3) is 3.67. The summed E-state index contributed by atoms with van der Waals surface area (Å²) in [7, 11) is 1.95. The van der Waals surface area contributed by atoms with Crippen LogP contribution in [0.15, 0.2) is 41.6 Å². The highest BCUT2D eigenvalue weighted by Gasteiger charge is 2.19. The molecule has 0 aliphatic carbocycles.